The van der Waals surface area contributed by atoms with Crippen LogP contribution in [0, 0.1) is 5.92 Å². The summed E-state index contributed by atoms with van der Waals surface area (Å²) in [7, 11) is 0. The Hall–Kier alpha value is -1.84. The Bertz CT molecular complexity index is 746. The van der Waals surface area contributed by atoms with E-state index in [-0.39, 0.29) is 5.91 Å². The smallest absolute Gasteiger partial charge is 0.227 e. The van der Waals surface area contributed by atoms with Crippen LogP contribution in [0.25, 0.3) is 0 Å². The van der Waals surface area contributed by atoms with E-state index in [2.05, 4.69) is 40.1 Å². The highest BCUT2D eigenvalue weighted by molar-refractivity contribution is 6.30. The number of likely N-dealkylation sites (tertiary alicyclic amines) is 2. The van der Waals surface area contributed by atoms with Crippen molar-refractivity contribution in [2.45, 2.75) is 25.3 Å². The Kier molecular flexibility index (Phi) is 5.28. The Morgan fingerprint density at radius 3 is 2.50 bits per heavy atom. The highest BCUT2D eigenvalue weighted by Gasteiger charge is 2.46. The molecule has 0 aromatic heterocycles. The maximum atomic E-state index is 12.6. The number of nitrogens with zero attached hydrogens (tertiary/aromatic N) is 2. The predicted molar refractivity (Wildman–Crippen MR) is 105 cm³/mol. The summed E-state index contributed by atoms with van der Waals surface area (Å²) in [4.78, 5) is 17.2. The van der Waals surface area contributed by atoms with Gasteiger partial charge < -0.3 is 4.90 Å². The van der Waals surface area contributed by atoms with Crippen LogP contribution in [0.15, 0.2) is 54.6 Å². The van der Waals surface area contributed by atoms with Crippen molar-refractivity contribution in [1.82, 2.24) is 9.80 Å². The fourth-order valence-corrected chi connectivity index (χ4v) is 4.35. The molecule has 26 heavy (non-hydrogen) atoms. The first-order valence-corrected chi connectivity index (χ1v) is 9.87. The van der Waals surface area contributed by atoms with Gasteiger partial charge in [0.1, 0.15) is 0 Å². The normalized spacial score (nSPS) is 22.1. The maximum absolute atomic E-state index is 12.6. The molecule has 0 radical (unpaired) electrons. The molecular weight excluding hydrogens is 344 g/mol. The van der Waals surface area contributed by atoms with Crippen LogP contribution in [0.4, 0.5) is 0 Å². The largest absolute Gasteiger partial charge is 0.340 e. The van der Waals surface area contributed by atoms with E-state index in [0.717, 1.165) is 38.2 Å². The van der Waals surface area contributed by atoms with Gasteiger partial charge in [0.25, 0.3) is 0 Å². The molecule has 2 aromatic rings. The molecule has 2 aliphatic rings. The number of hydrogen-bond acceptors (Lipinski definition) is 2. The van der Waals surface area contributed by atoms with Crippen LogP contribution in [0.2, 0.25) is 5.02 Å². The second-order valence-electron chi connectivity index (χ2n) is 7.51. The molecule has 2 atom stereocenters. The van der Waals surface area contributed by atoms with Crippen LogP contribution in [-0.4, -0.2) is 47.9 Å². The molecule has 4 rings (SSSR count). The third-order valence-electron chi connectivity index (χ3n) is 5.72. The number of benzene rings is 2. The van der Waals surface area contributed by atoms with Crippen LogP contribution in [0.3, 0.4) is 0 Å². The highest BCUT2D eigenvalue weighted by atomic mass is 35.5. The lowest BCUT2D eigenvalue weighted by atomic mass is 9.91. The summed E-state index contributed by atoms with van der Waals surface area (Å²) in [5.74, 6) is 0.909. The summed E-state index contributed by atoms with van der Waals surface area (Å²) in [5.41, 5.74) is 2.45. The Morgan fingerprint density at radius 2 is 1.73 bits per heavy atom. The fraction of sp³-hybridized carbons (Fsp3) is 0.409. The molecule has 0 saturated carbocycles. The topological polar surface area (TPSA) is 23.6 Å². The summed E-state index contributed by atoms with van der Waals surface area (Å²) in [6, 6.07) is 18.8. The Labute approximate surface area is 160 Å². The Balaban J connectivity index is 1.23. The summed E-state index contributed by atoms with van der Waals surface area (Å²) in [6.07, 6.45) is 2.80. The van der Waals surface area contributed by atoms with Gasteiger partial charge in [0, 0.05) is 36.6 Å². The minimum Gasteiger partial charge on any atom is -0.340 e. The highest BCUT2D eigenvalue weighted by Crippen LogP contribution is 2.32. The maximum Gasteiger partial charge on any atom is 0.227 e. The lowest BCUT2D eigenvalue weighted by Gasteiger charge is -2.43. The van der Waals surface area contributed by atoms with Gasteiger partial charge in [-0.25, -0.2) is 0 Å². The van der Waals surface area contributed by atoms with Gasteiger partial charge in [0.2, 0.25) is 5.91 Å². The van der Waals surface area contributed by atoms with E-state index in [1.165, 1.54) is 12.0 Å². The Morgan fingerprint density at radius 1 is 0.962 bits per heavy atom. The molecule has 0 aliphatic carbocycles. The number of rotatable bonds is 6. The standard InChI is InChI=1S/C22H25ClN2O/c23-20-10-8-18(9-11-20)13-22(26)25-15-19-14-24(21(19)16-25)12-4-7-17-5-2-1-3-6-17/h1-3,5-6,8-11,19,21H,4,7,12-16H2/t19-,21+/m1/s1. The molecular formula is C22H25ClN2O. The molecule has 2 saturated heterocycles. The van der Waals surface area contributed by atoms with Gasteiger partial charge in [-0.1, -0.05) is 54.1 Å². The van der Waals surface area contributed by atoms with Gasteiger partial charge in [-0.15, -0.1) is 0 Å². The third kappa shape index (κ3) is 3.94. The van der Waals surface area contributed by atoms with Crippen LogP contribution < -0.4 is 0 Å². The number of carbonyl (C=O) groups is 1. The predicted octanol–water partition coefficient (Wildman–Crippen LogP) is 3.66. The van der Waals surface area contributed by atoms with Gasteiger partial charge in [0.15, 0.2) is 0 Å². The molecule has 0 bridgehead atoms. The van der Waals surface area contributed by atoms with Crippen molar-refractivity contribution in [2.75, 3.05) is 26.2 Å². The monoisotopic (exact) mass is 368 g/mol. The minimum absolute atomic E-state index is 0.242. The molecule has 0 N–H and O–H groups in total. The average molecular weight is 369 g/mol. The van der Waals surface area contributed by atoms with Crippen LogP contribution in [0.5, 0.6) is 0 Å². The molecule has 0 unspecified atom stereocenters. The molecule has 2 heterocycles. The van der Waals surface area contributed by atoms with E-state index in [4.69, 9.17) is 11.6 Å². The van der Waals surface area contributed by atoms with Crippen LogP contribution >= 0.6 is 11.6 Å². The van der Waals surface area contributed by atoms with Crippen molar-refractivity contribution < 1.29 is 4.79 Å². The number of hydrogen-bond donors (Lipinski definition) is 0. The van der Waals surface area contributed by atoms with Crippen LogP contribution in [-0.2, 0) is 17.6 Å². The summed E-state index contributed by atoms with van der Waals surface area (Å²) < 4.78 is 0. The lowest BCUT2D eigenvalue weighted by molar-refractivity contribution is -0.129. The average Bonchev–Trinajstić information content (AvgIpc) is 2.99. The summed E-state index contributed by atoms with van der Waals surface area (Å²) in [5, 5.41) is 0.714. The van der Waals surface area contributed by atoms with E-state index < -0.39 is 0 Å². The van der Waals surface area contributed by atoms with E-state index in [9.17, 15) is 4.79 Å². The molecule has 2 aromatic carbocycles. The first kappa shape index (κ1) is 17.6. The zero-order valence-electron chi connectivity index (χ0n) is 15.0. The van der Waals surface area contributed by atoms with Gasteiger partial charge in [-0.2, -0.15) is 0 Å². The first-order valence-electron chi connectivity index (χ1n) is 9.49. The van der Waals surface area contributed by atoms with Gasteiger partial charge in [-0.05, 0) is 42.6 Å². The number of amides is 1. The van der Waals surface area contributed by atoms with E-state index >= 15 is 0 Å². The molecule has 1 amide bonds. The zero-order chi connectivity index (χ0) is 17.9. The number of halogens is 1. The minimum atomic E-state index is 0.242. The van der Waals surface area contributed by atoms with Gasteiger partial charge in [0.05, 0.1) is 6.42 Å². The van der Waals surface area contributed by atoms with E-state index in [1.54, 1.807) is 0 Å². The van der Waals surface area contributed by atoms with Crippen molar-refractivity contribution in [3.05, 3.63) is 70.7 Å². The SMILES string of the molecule is O=C(Cc1ccc(Cl)cc1)N1C[C@H]2CN(CCCc3ccccc3)[C@H]2C1. The fourth-order valence-electron chi connectivity index (χ4n) is 4.23. The number of carbonyl (C=O) groups excluding carboxylic acids is 1. The first-order chi connectivity index (χ1) is 12.7. The molecule has 136 valence electrons. The van der Waals surface area contributed by atoms with Crippen LogP contribution in [0.1, 0.15) is 17.5 Å². The molecule has 0 spiro atoms. The molecule has 2 aliphatic heterocycles. The molecule has 4 heteroatoms. The third-order valence-corrected chi connectivity index (χ3v) is 5.97. The lowest BCUT2D eigenvalue weighted by Crippen LogP contribution is -2.55. The molecule has 3 nitrogen and oxygen atoms in total. The molecule has 2 fully saturated rings. The van der Waals surface area contributed by atoms with E-state index in [0.29, 0.717) is 23.4 Å². The van der Waals surface area contributed by atoms with Crippen molar-refractivity contribution >= 4 is 17.5 Å². The zero-order valence-corrected chi connectivity index (χ0v) is 15.7. The van der Waals surface area contributed by atoms with Crippen molar-refractivity contribution in [3.63, 3.8) is 0 Å². The van der Waals surface area contributed by atoms with Crippen molar-refractivity contribution in [3.8, 4) is 0 Å². The van der Waals surface area contributed by atoms with Crippen molar-refractivity contribution in [2.24, 2.45) is 5.92 Å². The number of aryl methyl sites for hydroxylation is 1. The van der Waals surface area contributed by atoms with Gasteiger partial charge in [-0.3, -0.25) is 9.69 Å². The second kappa shape index (κ2) is 7.81. The van der Waals surface area contributed by atoms with Gasteiger partial charge >= 0.3 is 0 Å². The van der Waals surface area contributed by atoms with E-state index in [1.807, 2.05) is 24.3 Å². The second-order valence-corrected chi connectivity index (χ2v) is 7.95. The summed E-state index contributed by atoms with van der Waals surface area (Å²) in [6.45, 7) is 4.09. The number of fused-ring (bicyclic) bond motifs is 1. The van der Waals surface area contributed by atoms with Crippen molar-refractivity contribution in [1.29, 1.82) is 0 Å². The quantitative estimate of drug-likeness (QED) is 0.776. The summed E-state index contributed by atoms with van der Waals surface area (Å²) >= 11 is 5.92.